The number of hydrogen-bond donors (Lipinski definition) is 1. The maximum Gasteiger partial charge on any atom is 0.178 e. The van der Waals surface area contributed by atoms with Gasteiger partial charge in [-0.3, -0.25) is 0 Å². The third-order valence-corrected chi connectivity index (χ3v) is 2.86. The van der Waals surface area contributed by atoms with Crippen LogP contribution in [0.5, 0.6) is 0 Å². The number of nitrogens with one attached hydrogen (secondary N) is 1. The zero-order chi connectivity index (χ0) is 11.9. The van der Waals surface area contributed by atoms with Gasteiger partial charge in [-0.25, -0.2) is 4.39 Å². The van der Waals surface area contributed by atoms with E-state index in [1.165, 1.54) is 6.07 Å². The molecule has 0 saturated carbocycles. The van der Waals surface area contributed by atoms with Gasteiger partial charge < -0.3 is 9.55 Å². The second-order valence-electron chi connectivity index (χ2n) is 3.76. The van der Waals surface area contributed by atoms with Crippen molar-refractivity contribution in [3.05, 3.63) is 39.9 Å². The Bertz CT molecular complexity index is 627. The van der Waals surface area contributed by atoms with E-state index in [-0.39, 0.29) is 5.02 Å². The molecule has 1 heterocycles. The molecule has 0 atom stereocenters. The monoisotopic (exact) mass is 256 g/mol. The second-order valence-corrected chi connectivity index (χ2v) is 4.55. The molecule has 2 nitrogen and oxygen atoms in total. The minimum Gasteiger partial charge on any atom is -0.330 e. The van der Waals surface area contributed by atoms with Gasteiger partial charge >= 0.3 is 0 Å². The fraction of sp³-hybridized carbons (Fsp3) is 0.182. The predicted molar refractivity (Wildman–Crippen MR) is 66.9 cm³/mol. The van der Waals surface area contributed by atoms with Crippen LogP contribution in [-0.4, -0.2) is 9.55 Å². The number of hydrogen-bond acceptors (Lipinski definition) is 1. The number of benzene rings is 1. The van der Waals surface area contributed by atoms with E-state index in [0.29, 0.717) is 16.8 Å². The molecular formula is C11H10ClFN2S. The Morgan fingerprint density at radius 1 is 1.62 bits per heavy atom. The first-order chi connectivity index (χ1) is 7.49. The summed E-state index contributed by atoms with van der Waals surface area (Å²) < 4.78 is 15.6. The standard InChI is InChI=1S/C11H10ClFN2S/c1-6(2)5-15-10-3-7(12)8(13)4-9(10)14-11(15)16/h3-4H,1,5H2,2H3,(H,14,16). The molecule has 0 aliphatic rings. The van der Waals surface area contributed by atoms with Gasteiger partial charge in [0.05, 0.1) is 16.1 Å². The van der Waals surface area contributed by atoms with Gasteiger partial charge in [0.2, 0.25) is 0 Å². The average molecular weight is 257 g/mol. The van der Waals surface area contributed by atoms with E-state index in [1.807, 2.05) is 11.5 Å². The number of imidazole rings is 1. The number of rotatable bonds is 2. The van der Waals surface area contributed by atoms with Crippen molar-refractivity contribution < 1.29 is 4.39 Å². The van der Waals surface area contributed by atoms with E-state index < -0.39 is 5.82 Å². The first kappa shape index (κ1) is 11.4. The van der Waals surface area contributed by atoms with Crippen molar-refractivity contribution in [2.45, 2.75) is 13.5 Å². The lowest BCUT2D eigenvalue weighted by molar-refractivity contribution is 0.629. The molecule has 16 heavy (non-hydrogen) atoms. The van der Waals surface area contributed by atoms with Gasteiger partial charge in [0.1, 0.15) is 5.82 Å². The molecule has 2 rings (SSSR count). The normalized spacial score (nSPS) is 10.9. The van der Waals surface area contributed by atoms with E-state index >= 15 is 0 Å². The summed E-state index contributed by atoms with van der Waals surface area (Å²) in [7, 11) is 0. The predicted octanol–water partition coefficient (Wildman–Crippen LogP) is 4.07. The molecule has 84 valence electrons. The highest BCUT2D eigenvalue weighted by molar-refractivity contribution is 7.71. The molecule has 0 unspecified atom stereocenters. The number of aromatic amines is 1. The number of H-pyrrole nitrogens is 1. The first-order valence-corrected chi connectivity index (χ1v) is 5.49. The van der Waals surface area contributed by atoms with E-state index in [4.69, 9.17) is 23.8 Å². The molecule has 0 aliphatic heterocycles. The van der Waals surface area contributed by atoms with Crippen molar-refractivity contribution in [3.8, 4) is 0 Å². The maximum absolute atomic E-state index is 13.2. The molecule has 0 aliphatic carbocycles. The Balaban J connectivity index is 2.74. The highest BCUT2D eigenvalue weighted by atomic mass is 35.5. The molecule has 1 N–H and O–H groups in total. The zero-order valence-corrected chi connectivity index (χ0v) is 10.3. The van der Waals surface area contributed by atoms with Crippen LogP contribution in [0.4, 0.5) is 4.39 Å². The van der Waals surface area contributed by atoms with Crippen LogP contribution in [0.15, 0.2) is 24.3 Å². The molecule has 1 aromatic heterocycles. The molecule has 0 bridgehead atoms. The van der Waals surface area contributed by atoms with Gasteiger partial charge in [0, 0.05) is 12.6 Å². The van der Waals surface area contributed by atoms with Crippen LogP contribution in [0.2, 0.25) is 5.02 Å². The molecule has 0 saturated heterocycles. The highest BCUT2D eigenvalue weighted by Crippen LogP contribution is 2.23. The van der Waals surface area contributed by atoms with Crippen molar-refractivity contribution in [2.24, 2.45) is 0 Å². The quantitative estimate of drug-likeness (QED) is 0.635. The van der Waals surface area contributed by atoms with Crippen molar-refractivity contribution in [1.29, 1.82) is 0 Å². The lowest BCUT2D eigenvalue weighted by Gasteiger charge is -2.03. The Kier molecular flexibility index (Phi) is 2.86. The summed E-state index contributed by atoms with van der Waals surface area (Å²) in [5.74, 6) is -0.451. The van der Waals surface area contributed by atoms with Crippen molar-refractivity contribution >= 4 is 34.9 Å². The Hall–Kier alpha value is -1.13. The Labute approximate surface area is 102 Å². The summed E-state index contributed by atoms with van der Waals surface area (Å²) in [5, 5.41) is 0.0944. The van der Waals surface area contributed by atoms with E-state index in [0.717, 1.165) is 11.1 Å². The topological polar surface area (TPSA) is 20.7 Å². The molecule has 1 aromatic carbocycles. The molecule has 5 heteroatoms. The summed E-state index contributed by atoms with van der Waals surface area (Å²) in [5.41, 5.74) is 2.41. The maximum atomic E-state index is 13.2. The van der Waals surface area contributed by atoms with Gasteiger partial charge in [-0.15, -0.1) is 0 Å². The van der Waals surface area contributed by atoms with Crippen molar-refractivity contribution in [1.82, 2.24) is 9.55 Å². The van der Waals surface area contributed by atoms with Crippen LogP contribution >= 0.6 is 23.8 Å². The third kappa shape index (κ3) is 1.90. The molecule has 0 fully saturated rings. The first-order valence-electron chi connectivity index (χ1n) is 4.71. The van der Waals surface area contributed by atoms with E-state index in [2.05, 4.69) is 11.6 Å². The Morgan fingerprint density at radius 2 is 2.31 bits per heavy atom. The summed E-state index contributed by atoms with van der Waals surface area (Å²) in [4.78, 5) is 2.94. The highest BCUT2D eigenvalue weighted by Gasteiger charge is 2.08. The fourth-order valence-electron chi connectivity index (χ4n) is 1.58. The largest absolute Gasteiger partial charge is 0.330 e. The molecule has 2 aromatic rings. The van der Waals surface area contributed by atoms with Crippen molar-refractivity contribution in [2.75, 3.05) is 0 Å². The smallest absolute Gasteiger partial charge is 0.178 e. The lowest BCUT2D eigenvalue weighted by Crippen LogP contribution is -1.98. The second kappa shape index (κ2) is 4.03. The summed E-state index contributed by atoms with van der Waals surface area (Å²) >= 11 is 10.9. The van der Waals surface area contributed by atoms with Gasteiger partial charge in [-0.1, -0.05) is 23.8 Å². The minimum atomic E-state index is -0.451. The Morgan fingerprint density at radius 3 is 2.94 bits per heavy atom. The molecular weight excluding hydrogens is 247 g/mol. The molecule has 0 radical (unpaired) electrons. The summed E-state index contributed by atoms with van der Waals surface area (Å²) in [6, 6.07) is 2.92. The van der Waals surface area contributed by atoms with Crippen LogP contribution in [0.25, 0.3) is 11.0 Å². The van der Waals surface area contributed by atoms with E-state index in [9.17, 15) is 4.39 Å². The lowest BCUT2D eigenvalue weighted by atomic mass is 10.3. The molecule has 0 spiro atoms. The van der Waals surface area contributed by atoms with E-state index in [1.54, 1.807) is 6.07 Å². The minimum absolute atomic E-state index is 0.0944. The van der Waals surface area contributed by atoms with Crippen molar-refractivity contribution in [3.63, 3.8) is 0 Å². The van der Waals surface area contributed by atoms with Crippen LogP contribution in [0.3, 0.4) is 0 Å². The van der Waals surface area contributed by atoms with Gasteiger partial charge in [-0.05, 0) is 25.2 Å². The van der Waals surface area contributed by atoms with Crippen LogP contribution in [0, 0.1) is 10.6 Å². The number of fused-ring (bicyclic) bond motifs is 1. The van der Waals surface area contributed by atoms with Crippen LogP contribution in [0.1, 0.15) is 6.92 Å². The third-order valence-electron chi connectivity index (χ3n) is 2.24. The van der Waals surface area contributed by atoms with Gasteiger partial charge in [0.15, 0.2) is 4.77 Å². The SMILES string of the molecule is C=C(C)Cn1c(=S)[nH]c2cc(F)c(Cl)cc21. The fourth-order valence-corrected chi connectivity index (χ4v) is 2.01. The zero-order valence-electron chi connectivity index (χ0n) is 8.68. The molecule has 0 amide bonds. The number of halogens is 2. The number of nitrogens with zero attached hydrogens (tertiary/aromatic N) is 1. The van der Waals surface area contributed by atoms with Gasteiger partial charge in [0.25, 0.3) is 0 Å². The average Bonchev–Trinajstić information content (AvgIpc) is 2.45. The summed E-state index contributed by atoms with van der Waals surface area (Å²) in [6.07, 6.45) is 0. The number of aromatic nitrogens is 2. The van der Waals surface area contributed by atoms with Crippen LogP contribution in [-0.2, 0) is 6.54 Å². The number of allylic oxidation sites excluding steroid dienone is 1. The summed E-state index contributed by atoms with van der Waals surface area (Å²) in [6.45, 7) is 6.34. The van der Waals surface area contributed by atoms with Crippen LogP contribution < -0.4 is 0 Å². The van der Waals surface area contributed by atoms with Gasteiger partial charge in [-0.2, -0.15) is 0 Å².